The van der Waals surface area contributed by atoms with Gasteiger partial charge >= 0.3 is 6.61 Å². The van der Waals surface area contributed by atoms with E-state index in [9.17, 15) is 13.6 Å². The number of ether oxygens (including phenoxy) is 1. The minimum atomic E-state index is -2.90. The molecule has 0 saturated carbocycles. The summed E-state index contributed by atoms with van der Waals surface area (Å²) in [5.74, 6) is -0.0569. The smallest absolute Gasteiger partial charge is 0.387 e. The maximum atomic E-state index is 12.6. The highest BCUT2D eigenvalue weighted by atomic mass is 19.3. The Hall–Kier alpha value is -2.43. The summed E-state index contributed by atoms with van der Waals surface area (Å²) < 4.78 is 29.7. The number of alkyl halides is 2. The zero-order chi connectivity index (χ0) is 17.5. The molecule has 3 nitrogen and oxygen atoms in total. The van der Waals surface area contributed by atoms with E-state index >= 15 is 0 Å². The number of hydrogen-bond acceptors (Lipinski definition) is 2. The van der Waals surface area contributed by atoms with E-state index in [2.05, 4.69) is 10.1 Å². The largest absolute Gasteiger partial charge is 0.434 e. The average Bonchev–Trinajstić information content (AvgIpc) is 2.55. The van der Waals surface area contributed by atoms with Crippen molar-refractivity contribution < 1.29 is 18.3 Å². The van der Waals surface area contributed by atoms with E-state index in [4.69, 9.17) is 0 Å². The molecule has 5 heteroatoms. The van der Waals surface area contributed by atoms with Gasteiger partial charge in [0.05, 0.1) is 12.5 Å². The van der Waals surface area contributed by atoms with Crippen LogP contribution < -0.4 is 10.1 Å². The zero-order valence-electron chi connectivity index (χ0n) is 13.8. The summed E-state index contributed by atoms with van der Waals surface area (Å²) in [5, 5.41) is 2.91. The molecule has 128 valence electrons. The molecule has 1 unspecified atom stereocenters. The van der Waals surface area contributed by atoms with Gasteiger partial charge < -0.3 is 10.1 Å². The summed E-state index contributed by atoms with van der Waals surface area (Å²) in [6.45, 7) is 0.940. The molecule has 2 rings (SSSR count). The Labute approximate surface area is 140 Å². The quantitative estimate of drug-likeness (QED) is 0.815. The van der Waals surface area contributed by atoms with Gasteiger partial charge in [-0.3, -0.25) is 4.79 Å². The first-order valence-corrected chi connectivity index (χ1v) is 7.88. The van der Waals surface area contributed by atoms with Gasteiger partial charge in [-0.25, -0.2) is 0 Å². The molecule has 0 spiro atoms. The van der Waals surface area contributed by atoms with E-state index in [0.717, 1.165) is 11.1 Å². The second kappa shape index (κ2) is 8.43. The van der Waals surface area contributed by atoms with Gasteiger partial charge in [0.15, 0.2) is 0 Å². The van der Waals surface area contributed by atoms with E-state index in [-0.39, 0.29) is 24.1 Å². The van der Waals surface area contributed by atoms with E-state index in [1.807, 2.05) is 38.1 Å². The lowest BCUT2D eigenvalue weighted by atomic mass is 10.0. The molecule has 0 aliphatic carbocycles. The minimum absolute atomic E-state index is 0.0931. The summed E-state index contributed by atoms with van der Waals surface area (Å²) in [4.78, 5) is 12.3. The molecule has 0 radical (unpaired) electrons. The summed E-state index contributed by atoms with van der Waals surface area (Å²) in [6, 6.07) is 13.8. The van der Waals surface area contributed by atoms with Gasteiger partial charge in [-0.05, 0) is 30.5 Å². The number of halogens is 2. The molecule has 1 atom stereocenters. The van der Waals surface area contributed by atoms with Crippen LogP contribution in [0.3, 0.4) is 0 Å². The average molecular weight is 333 g/mol. The molecule has 0 aliphatic heterocycles. The Morgan fingerprint density at radius 1 is 1.12 bits per heavy atom. The summed E-state index contributed by atoms with van der Waals surface area (Å²) in [7, 11) is 0. The van der Waals surface area contributed by atoms with Crippen LogP contribution in [0.1, 0.15) is 36.1 Å². The molecule has 1 amide bonds. The van der Waals surface area contributed by atoms with Gasteiger partial charge in [0, 0.05) is 5.56 Å². The highest BCUT2D eigenvalue weighted by Crippen LogP contribution is 2.28. The van der Waals surface area contributed by atoms with E-state index < -0.39 is 6.61 Å². The summed E-state index contributed by atoms with van der Waals surface area (Å²) in [6.07, 6.45) is 0.824. The number of para-hydroxylation sites is 1. The monoisotopic (exact) mass is 333 g/mol. The number of hydrogen-bond donors (Lipinski definition) is 1. The first-order chi connectivity index (χ1) is 11.5. The lowest BCUT2D eigenvalue weighted by Gasteiger charge is -2.20. The molecule has 0 bridgehead atoms. The minimum Gasteiger partial charge on any atom is -0.434 e. The highest BCUT2D eigenvalue weighted by molar-refractivity contribution is 5.79. The van der Waals surface area contributed by atoms with Crippen LogP contribution in [0.15, 0.2) is 48.5 Å². The Balaban J connectivity index is 2.12. The topological polar surface area (TPSA) is 38.3 Å². The number of amides is 1. The Bertz CT molecular complexity index is 689. The number of carbonyl (C=O) groups excluding carboxylic acids is 1. The molecular weight excluding hydrogens is 312 g/mol. The maximum absolute atomic E-state index is 12.6. The number of aryl methyl sites for hydroxylation is 1. The van der Waals surface area contributed by atoms with Crippen LogP contribution in [0.5, 0.6) is 5.75 Å². The Morgan fingerprint density at radius 2 is 1.79 bits per heavy atom. The highest BCUT2D eigenvalue weighted by Gasteiger charge is 2.19. The van der Waals surface area contributed by atoms with Crippen LogP contribution in [-0.2, 0) is 11.2 Å². The van der Waals surface area contributed by atoms with Crippen molar-refractivity contribution in [3.8, 4) is 5.75 Å². The third-order valence-corrected chi connectivity index (χ3v) is 3.87. The number of carbonyl (C=O) groups is 1. The van der Waals surface area contributed by atoms with Crippen LogP contribution in [0.2, 0.25) is 0 Å². The van der Waals surface area contributed by atoms with Crippen LogP contribution in [0.25, 0.3) is 0 Å². The third kappa shape index (κ3) is 4.78. The maximum Gasteiger partial charge on any atom is 0.387 e. The van der Waals surface area contributed by atoms with Crippen LogP contribution >= 0.6 is 0 Å². The molecule has 0 heterocycles. The second-order valence-electron chi connectivity index (χ2n) is 5.55. The standard InChI is InChI=1S/C19H21F2NO2/c1-3-16(15-10-6-7-11-17(15)24-19(20)21)22-18(23)12-14-9-5-4-8-13(14)2/h4-11,16,19H,3,12H2,1-2H3,(H,22,23). The molecule has 0 aromatic heterocycles. The molecule has 0 saturated heterocycles. The summed E-state index contributed by atoms with van der Waals surface area (Å²) in [5.41, 5.74) is 2.54. The van der Waals surface area contributed by atoms with Gasteiger partial charge in [-0.1, -0.05) is 49.4 Å². The summed E-state index contributed by atoms with van der Waals surface area (Å²) >= 11 is 0. The van der Waals surface area contributed by atoms with Gasteiger partial charge in [-0.15, -0.1) is 0 Å². The van der Waals surface area contributed by atoms with Crippen molar-refractivity contribution >= 4 is 5.91 Å². The lowest BCUT2D eigenvalue weighted by Crippen LogP contribution is -2.30. The van der Waals surface area contributed by atoms with Crippen molar-refractivity contribution in [2.24, 2.45) is 0 Å². The predicted octanol–water partition coefficient (Wildman–Crippen LogP) is 4.41. The van der Waals surface area contributed by atoms with E-state index in [1.54, 1.807) is 18.2 Å². The zero-order valence-corrected chi connectivity index (χ0v) is 13.8. The number of benzene rings is 2. The molecule has 2 aromatic rings. The van der Waals surface area contributed by atoms with Crippen molar-refractivity contribution in [2.45, 2.75) is 39.3 Å². The van der Waals surface area contributed by atoms with Gasteiger partial charge in [0.1, 0.15) is 5.75 Å². The van der Waals surface area contributed by atoms with Crippen molar-refractivity contribution in [1.29, 1.82) is 0 Å². The van der Waals surface area contributed by atoms with Crippen LogP contribution in [0.4, 0.5) is 8.78 Å². The Morgan fingerprint density at radius 3 is 2.46 bits per heavy atom. The fraction of sp³-hybridized carbons (Fsp3) is 0.316. The van der Waals surface area contributed by atoms with E-state index in [1.165, 1.54) is 6.07 Å². The van der Waals surface area contributed by atoms with Crippen molar-refractivity contribution in [1.82, 2.24) is 5.32 Å². The van der Waals surface area contributed by atoms with Gasteiger partial charge in [0.2, 0.25) is 5.91 Å². The first kappa shape index (κ1) is 17.9. The van der Waals surface area contributed by atoms with Crippen molar-refractivity contribution in [3.05, 3.63) is 65.2 Å². The number of nitrogens with one attached hydrogen (secondary N) is 1. The molecule has 0 aliphatic rings. The SMILES string of the molecule is CCC(NC(=O)Cc1ccccc1C)c1ccccc1OC(F)F. The normalized spacial score (nSPS) is 12.0. The van der Waals surface area contributed by atoms with Crippen molar-refractivity contribution in [3.63, 3.8) is 0 Å². The van der Waals surface area contributed by atoms with E-state index in [0.29, 0.717) is 12.0 Å². The van der Waals surface area contributed by atoms with Crippen LogP contribution in [-0.4, -0.2) is 12.5 Å². The Kier molecular flexibility index (Phi) is 6.29. The molecule has 1 N–H and O–H groups in total. The fourth-order valence-electron chi connectivity index (χ4n) is 2.60. The molecule has 2 aromatic carbocycles. The molecule has 24 heavy (non-hydrogen) atoms. The van der Waals surface area contributed by atoms with Crippen molar-refractivity contribution in [2.75, 3.05) is 0 Å². The first-order valence-electron chi connectivity index (χ1n) is 7.88. The van der Waals surface area contributed by atoms with Gasteiger partial charge in [0.25, 0.3) is 0 Å². The second-order valence-corrected chi connectivity index (χ2v) is 5.55. The number of rotatable bonds is 7. The van der Waals surface area contributed by atoms with Gasteiger partial charge in [-0.2, -0.15) is 8.78 Å². The third-order valence-electron chi connectivity index (χ3n) is 3.87. The lowest BCUT2D eigenvalue weighted by molar-refractivity contribution is -0.121. The molecular formula is C19H21F2NO2. The van der Waals surface area contributed by atoms with Crippen LogP contribution in [0, 0.1) is 6.92 Å². The molecule has 0 fully saturated rings. The predicted molar refractivity (Wildman–Crippen MR) is 89.1 cm³/mol. The fourth-order valence-corrected chi connectivity index (χ4v) is 2.60.